The number of hydrogen-bond acceptors (Lipinski definition) is 2. The molecule has 0 aliphatic rings. The highest BCUT2D eigenvalue weighted by molar-refractivity contribution is 9.10. The number of hydrogen-bond donors (Lipinski definition) is 1. The predicted molar refractivity (Wildman–Crippen MR) is 91.2 cm³/mol. The van der Waals surface area contributed by atoms with Gasteiger partial charge in [0, 0.05) is 33.3 Å². The van der Waals surface area contributed by atoms with Crippen LogP contribution in [0.1, 0.15) is 24.2 Å². The maximum atomic E-state index is 6.06. The van der Waals surface area contributed by atoms with Crippen molar-refractivity contribution < 1.29 is 0 Å². The zero-order chi connectivity index (χ0) is 14.5. The predicted octanol–water partition coefficient (Wildman–Crippen LogP) is 5.15. The Bertz CT molecular complexity index is 573. The summed E-state index contributed by atoms with van der Waals surface area (Å²) in [6, 6.07) is 10.3. The van der Waals surface area contributed by atoms with Gasteiger partial charge in [0.25, 0.3) is 0 Å². The standard InChI is InChI=1S/C15H15Br2ClN2/c1-2-19-15(8-12-5-4-11(16)9-20-12)10-3-6-14(18)13(17)7-10/h3-7,9,15,19H,2,8H2,1H3. The first kappa shape index (κ1) is 16.0. The molecule has 0 aliphatic heterocycles. The monoisotopic (exact) mass is 416 g/mol. The molecule has 0 fully saturated rings. The maximum absolute atomic E-state index is 6.06. The lowest BCUT2D eigenvalue weighted by Gasteiger charge is -2.18. The van der Waals surface area contributed by atoms with Crippen molar-refractivity contribution in [1.29, 1.82) is 0 Å². The van der Waals surface area contributed by atoms with E-state index >= 15 is 0 Å². The fraction of sp³-hybridized carbons (Fsp3) is 0.267. The van der Waals surface area contributed by atoms with E-state index in [0.717, 1.165) is 32.6 Å². The van der Waals surface area contributed by atoms with Crippen LogP contribution in [-0.4, -0.2) is 11.5 Å². The van der Waals surface area contributed by atoms with Crippen molar-refractivity contribution in [3.63, 3.8) is 0 Å². The summed E-state index contributed by atoms with van der Waals surface area (Å²) in [6.07, 6.45) is 2.67. The lowest BCUT2D eigenvalue weighted by atomic mass is 10.0. The molecule has 1 aromatic heterocycles. The Morgan fingerprint density at radius 2 is 2.05 bits per heavy atom. The highest BCUT2D eigenvalue weighted by Crippen LogP contribution is 2.27. The summed E-state index contributed by atoms with van der Waals surface area (Å²) >= 11 is 12.9. The molecule has 1 heterocycles. The molecule has 0 saturated carbocycles. The number of nitrogens with one attached hydrogen (secondary N) is 1. The minimum Gasteiger partial charge on any atom is -0.310 e. The van der Waals surface area contributed by atoms with Crippen LogP contribution in [0, 0.1) is 0 Å². The minimum atomic E-state index is 0.224. The number of halogens is 3. The fourth-order valence-corrected chi connectivity index (χ4v) is 2.77. The zero-order valence-corrected chi connectivity index (χ0v) is 15.0. The van der Waals surface area contributed by atoms with E-state index in [1.165, 1.54) is 5.56 Å². The molecule has 5 heteroatoms. The fourth-order valence-electron chi connectivity index (χ4n) is 2.02. The van der Waals surface area contributed by atoms with Crippen LogP contribution in [0.2, 0.25) is 5.02 Å². The van der Waals surface area contributed by atoms with Crippen LogP contribution in [-0.2, 0) is 6.42 Å². The van der Waals surface area contributed by atoms with Gasteiger partial charge in [0.1, 0.15) is 0 Å². The Hall–Kier alpha value is -0.420. The third-order valence-electron chi connectivity index (χ3n) is 3.00. The molecule has 0 bridgehead atoms. The van der Waals surface area contributed by atoms with E-state index in [-0.39, 0.29) is 6.04 Å². The zero-order valence-electron chi connectivity index (χ0n) is 11.0. The first-order valence-corrected chi connectivity index (χ1v) is 8.35. The van der Waals surface area contributed by atoms with Crippen LogP contribution < -0.4 is 5.32 Å². The van der Waals surface area contributed by atoms with E-state index in [1.807, 2.05) is 24.4 Å². The van der Waals surface area contributed by atoms with E-state index in [2.05, 4.69) is 61.2 Å². The van der Waals surface area contributed by atoms with Crippen LogP contribution in [0.5, 0.6) is 0 Å². The van der Waals surface area contributed by atoms with Gasteiger partial charge in [-0.1, -0.05) is 24.6 Å². The normalized spacial score (nSPS) is 12.4. The van der Waals surface area contributed by atoms with Crippen molar-refractivity contribution in [1.82, 2.24) is 10.3 Å². The Morgan fingerprint density at radius 3 is 2.65 bits per heavy atom. The Morgan fingerprint density at radius 1 is 1.25 bits per heavy atom. The molecule has 1 unspecified atom stereocenters. The van der Waals surface area contributed by atoms with Crippen LogP contribution in [0.15, 0.2) is 45.5 Å². The van der Waals surface area contributed by atoms with E-state index in [0.29, 0.717) is 0 Å². The van der Waals surface area contributed by atoms with Crippen molar-refractivity contribution in [2.24, 2.45) is 0 Å². The van der Waals surface area contributed by atoms with Crippen molar-refractivity contribution in [2.75, 3.05) is 6.54 Å². The van der Waals surface area contributed by atoms with Gasteiger partial charge < -0.3 is 5.32 Å². The number of aromatic nitrogens is 1. The summed E-state index contributed by atoms with van der Waals surface area (Å²) in [6.45, 7) is 3.01. The topological polar surface area (TPSA) is 24.9 Å². The van der Waals surface area contributed by atoms with Crippen molar-refractivity contribution in [3.05, 3.63) is 61.8 Å². The average Bonchev–Trinajstić information content (AvgIpc) is 2.44. The highest BCUT2D eigenvalue weighted by Gasteiger charge is 2.13. The molecule has 0 saturated heterocycles. The molecule has 2 nitrogen and oxygen atoms in total. The van der Waals surface area contributed by atoms with Crippen LogP contribution in [0.25, 0.3) is 0 Å². The molecule has 2 aromatic rings. The number of nitrogens with zero attached hydrogens (tertiary/aromatic N) is 1. The van der Waals surface area contributed by atoms with Gasteiger partial charge in [-0.05, 0) is 68.2 Å². The van der Waals surface area contributed by atoms with Crippen molar-refractivity contribution in [3.8, 4) is 0 Å². The highest BCUT2D eigenvalue weighted by atomic mass is 79.9. The lowest BCUT2D eigenvalue weighted by molar-refractivity contribution is 0.544. The molecule has 0 amide bonds. The van der Waals surface area contributed by atoms with E-state index in [1.54, 1.807) is 0 Å². The largest absolute Gasteiger partial charge is 0.310 e. The number of benzene rings is 1. The molecular weight excluding hydrogens is 403 g/mol. The van der Waals surface area contributed by atoms with Gasteiger partial charge in [0.2, 0.25) is 0 Å². The molecule has 2 rings (SSSR count). The van der Waals surface area contributed by atoms with Gasteiger partial charge in [-0.25, -0.2) is 0 Å². The van der Waals surface area contributed by atoms with Crippen LogP contribution >= 0.6 is 43.5 Å². The maximum Gasteiger partial charge on any atom is 0.0548 e. The van der Waals surface area contributed by atoms with E-state index in [9.17, 15) is 0 Å². The van der Waals surface area contributed by atoms with Crippen LogP contribution in [0.4, 0.5) is 0 Å². The Balaban J connectivity index is 2.21. The van der Waals surface area contributed by atoms with Gasteiger partial charge >= 0.3 is 0 Å². The minimum absolute atomic E-state index is 0.224. The Kier molecular flexibility index (Phi) is 6.02. The second-order valence-electron chi connectivity index (χ2n) is 4.46. The molecule has 106 valence electrons. The van der Waals surface area contributed by atoms with Gasteiger partial charge in [0.05, 0.1) is 5.02 Å². The molecule has 1 atom stereocenters. The van der Waals surface area contributed by atoms with Gasteiger partial charge in [-0.2, -0.15) is 0 Å². The third-order valence-corrected chi connectivity index (χ3v) is 4.68. The molecule has 1 N–H and O–H groups in total. The second kappa shape index (κ2) is 7.55. The third kappa shape index (κ3) is 4.29. The number of likely N-dealkylation sites (N-methyl/N-ethyl adjacent to an activating group) is 1. The Labute approximate surface area is 141 Å². The summed E-state index contributed by atoms with van der Waals surface area (Å²) in [5.41, 5.74) is 2.26. The molecule has 1 aromatic carbocycles. The molecule has 0 spiro atoms. The average molecular weight is 419 g/mol. The van der Waals surface area contributed by atoms with E-state index in [4.69, 9.17) is 11.6 Å². The van der Waals surface area contributed by atoms with Crippen molar-refractivity contribution >= 4 is 43.5 Å². The lowest BCUT2D eigenvalue weighted by Crippen LogP contribution is -2.23. The second-order valence-corrected chi connectivity index (χ2v) is 6.63. The first-order chi connectivity index (χ1) is 9.60. The summed E-state index contributed by atoms with van der Waals surface area (Å²) < 4.78 is 1.92. The first-order valence-electron chi connectivity index (χ1n) is 6.39. The summed E-state index contributed by atoms with van der Waals surface area (Å²) in [5.74, 6) is 0. The molecule has 0 aliphatic carbocycles. The number of rotatable bonds is 5. The smallest absolute Gasteiger partial charge is 0.0548 e. The SMILES string of the molecule is CCNC(Cc1ccc(Br)cn1)c1ccc(Cl)c(Br)c1. The number of pyridine rings is 1. The van der Waals surface area contributed by atoms with Crippen LogP contribution in [0.3, 0.4) is 0 Å². The molecule has 0 radical (unpaired) electrons. The van der Waals surface area contributed by atoms with Crippen molar-refractivity contribution in [2.45, 2.75) is 19.4 Å². The molecule has 20 heavy (non-hydrogen) atoms. The summed E-state index contributed by atoms with van der Waals surface area (Å²) in [5, 5.41) is 4.22. The summed E-state index contributed by atoms with van der Waals surface area (Å²) in [7, 11) is 0. The van der Waals surface area contributed by atoms with Gasteiger partial charge in [0.15, 0.2) is 0 Å². The van der Waals surface area contributed by atoms with E-state index < -0.39 is 0 Å². The summed E-state index contributed by atoms with van der Waals surface area (Å²) in [4.78, 5) is 4.44. The molecular formula is C15H15Br2ClN2. The quantitative estimate of drug-likeness (QED) is 0.726. The van der Waals surface area contributed by atoms with Gasteiger partial charge in [-0.3, -0.25) is 4.98 Å². The van der Waals surface area contributed by atoms with Gasteiger partial charge in [-0.15, -0.1) is 0 Å².